The van der Waals surface area contributed by atoms with Crippen molar-refractivity contribution < 1.29 is 9.90 Å². The van der Waals surface area contributed by atoms with Crippen LogP contribution >= 0.6 is 0 Å². The molecule has 0 spiro atoms. The summed E-state index contributed by atoms with van der Waals surface area (Å²) in [5.74, 6) is -0.574. The summed E-state index contributed by atoms with van der Waals surface area (Å²) in [5.41, 5.74) is 0. The fraction of sp³-hybridized carbons (Fsp3) is 0.857. The van der Waals surface area contributed by atoms with Gasteiger partial charge in [-0.2, -0.15) is 0 Å². The van der Waals surface area contributed by atoms with Crippen molar-refractivity contribution in [1.82, 2.24) is 0 Å². The summed E-state index contributed by atoms with van der Waals surface area (Å²) >= 11 is -1.35. The van der Waals surface area contributed by atoms with E-state index in [1.165, 1.54) is 0 Å². The molecule has 0 aliphatic rings. The Morgan fingerprint density at radius 2 is 2.10 bits per heavy atom. The van der Waals surface area contributed by atoms with Crippen LogP contribution in [0.3, 0.4) is 0 Å². The van der Waals surface area contributed by atoms with Gasteiger partial charge >= 0.3 is 69.5 Å². The number of aliphatic carboxylic acids is 1. The summed E-state index contributed by atoms with van der Waals surface area (Å²) in [6.45, 7) is 2.04. The molecule has 0 amide bonds. The van der Waals surface area contributed by atoms with Crippen molar-refractivity contribution in [3.8, 4) is 0 Å². The monoisotopic (exact) mass is 252 g/mol. The van der Waals surface area contributed by atoms with E-state index < -0.39 is 26.2 Å². The Kier molecular flexibility index (Phi) is 5.15. The van der Waals surface area contributed by atoms with Crippen molar-refractivity contribution in [2.75, 3.05) is 0 Å². The third kappa shape index (κ3) is 3.46. The molecule has 0 bridgehead atoms. The Morgan fingerprint density at radius 1 is 1.60 bits per heavy atom. The van der Waals surface area contributed by atoms with Crippen LogP contribution in [0.15, 0.2) is 0 Å². The Bertz CT molecular complexity index is 112. The van der Waals surface area contributed by atoms with Crippen LogP contribution in [0.4, 0.5) is 0 Å². The van der Waals surface area contributed by atoms with Crippen LogP contribution in [0.5, 0.6) is 0 Å². The molecular weight excluding hydrogens is 238 g/mol. The van der Waals surface area contributed by atoms with Gasteiger partial charge in [-0.3, -0.25) is 0 Å². The molecule has 10 heavy (non-hydrogen) atoms. The average molecular weight is 253 g/mol. The number of carbonyl (C=O) groups is 1. The predicted molar refractivity (Wildman–Crippen MR) is 43.8 cm³/mol. The molecule has 0 saturated heterocycles. The SMILES string of the molecule is CCC[CH](C(=O)O)[Sb]([CH3])[CH3]. The second-order valence-electron chi connectivity index (χ2n) is 2.61. The first-order valence-electron chi connectivity index (χ1n) is 3.48. The van der Waals surface area contributed by atoms with Gasteiger partial charge in [0.25, 0.3) is 0 Å². The van der Waals surface area contributed by atoms with Crippen molar-refractivity contribution in [2.24, 2.45) is 0 Å². The number of carboxylic acid groups (broad SMARTS) is 1. The zero-order valence-corrected chi connectivity index (χ0v) is 9.35. The molecule has 0 rings (SSSR count). The summed E-state index contributed by atoms with van der Waals surface area (Å²) in [5, 5.41) is 8.72. The summed E-state index contributed by atoms with van der Waals surface area (Å²) in [7, 11) is 0. The van der Waals surface area contributed by atoms with Gasteiger partial charge in [-0.25, -0.2) is 0 Å². The standard InChI is InChI=1S/C5H9O2.2CH3.Sb/c1-2-3-4-5(6)7;;;/h4H,2-3H2,1H3,(H,6,7);2*1H3;. The van der Waals surface area contributed by atoms with Gasteiger partial charge in [-0.15, -0.1) is 0 Å². The third-order valence-electron chi connectivity index (χ3n) is 1.47. The van der Waals surface area contributed by atoms with Crippen molar-refractivity contribution in [3.05, 3.63) is 0 Å². The van der Waals surface area contributed by atoms with Crippen LogP contribution in [-0.4, -0.2) is 31.3 Å². The quantitative estimate of drug-likeness (QED) is 0.778. The molecule has 0 fully saturated rings. The molecule has 0 aromatic heterocycles. The molecule has 1 unspecified atom stereocenters. The molecule has 0 radical (unpaired) electrons. The van der Waals surface area contributed by atoms with Gasteiger partial charge in [0, 0.05) is 0 Å². The minimum absolute atomic E-state index is 0.0352. The van der Waals surface area contributed by atoms with Crippen LogP contribution in [0.2, 0.25) is 13.6 Å². The molecule has 0 aromatic rings. The third-order valence-corrected chi connectivity index (χ3v) is 6.40. The van der Waals surface area contributed by atoms with Crippen LogP contribution in [-0.2, 0) is 4.79 Å². The van der Waals surface area contributed by atoms with Gasteiger partial charge in [0.15, 0.2) is 0 Å². The van der Waals surface area contributed by atoms with Gasteiger partial charge in [0.05, 0.1) is 0 Å². The summed E-state index contributed by atoms with van der Waals surface area (Å²) < 4.78 is 0.0352. The molecule has 1 atom stereocenters. The first kappa shape index (κ1) is 10.3. The average Bonchev–Trinajstić information content (AvgIpc) is 1.81. The molecule has 3 heteroatoms. The van der Waals surface area contributed by atoms with Crippen LogP contribution in [0.1, 0.15) is 19.8 Å². The van der Waals surface area contributed by atoms with E-state index >= 15 is 0 Å². The summed E-state index contributed by atoms with van der Waals surface area (Å²) in [6.07, 6.45) is 1.88. The van der Waals surface area contributed by atoms with Gasteiger partial charge in [0.1, 0.15) is 0 Å². The Morgan fingerprint density at radius 3 is 2.20 bits per heavy atom. The first-order chi connectivity index (χ1) is 4.59. The number of carboxylic acids is 1. The molecule has 60 valence electrons. The van der Waals surface area contributed by atoms with Crippen molar-refractivity contribution in [3.63, 3.8) is 0 Å². The van der Waals surface area contributed by atoms with E-state index in [0.29, 0.717) is 0 Å². The fourth-order valence-electron chi connectivity index (χ4n) is 0.876. The molecule has 0 heterocycles. The van der Waals surface area contributed by atoms with Crippen molar-refractivity contribution in [1.29, 1.82) is 0 Å². The molecule has 2 nitrogen and oxygen atoms in total. The van der Waals surface area contributed by atoms with Gasteiger partial charge in [-0.05, 0) is 0 Å². The number of hydrogen-bond donors (Lipinski definition) is 1. The molecule has 0 saturated carbocycles. The molecule has 1 N–H and O–H groups in total. The van der Waals surface area contributed by atoms with E-state index in [2.05, 4.69) is 9.74 Å². The minimum atomic E-state index is -1.35. The van der Waals surface area contributed by atoms with Crippen LogP contribution in [0.25, 0.3) is 0 Å². The van der Waals surface area contributed by atoms with Gasteiger partial charge in [0.2, 0.25) is 0 Å². The zero-order valence-electron chi connectivity index (χ0n) is 6.79. The second-order valence-corrected chi connectivity index (χ2v) is 9.89. The van der Waals surface area contributed by atoms with E-state index in [1.807, 2.05) is 6.92 Å². The number of hydrogen-bond acceptors (Lipinski definition) is 1. The Balaban J connectivity index is 3.85. The normalized spacial score (nSPS) is 13.6. The molecule has 0 aliphatic carbocycles. The fourth-order valence-corrected chi connectivity index (χ4v) is 4.35. The summed E-state index contributed by atoms with van der Waals surface area (Å²) in [4.78, 5) is 14.8. The Hall–Kier alpha value is 0.288. The topological polar surface area (TPSA) is 37.3 Å². The molecule has 0 aromatic carbocycles. The van der Waals surface area contributed by atoms with E-state index in [4.69, 9.17) is 5.11 Å². The Labute approximate surface area is 69.6 Å². The van der Waals surface area contributed by atoms with Gasteiger partial charge < -0.3 is 0 Å². The van der Waals surface area contributed by atoms with Crippen LogP contribution in [0, 0.1) is 0 Å². The van der Waals surface area contributed by atoms with E-state index in [1.54, 1.807) is 0 Å². The zero-order chi connectivity index (χ0) is 8.15. The van der Waals surface area contributed by atoms with Crippen molar-refractivity contribution >= 4 is 26.2 Å². The van der Waals surface area contributed by atoms with E-state index in [-0.39, 0.29) is 3.86 Å². The van der Waals surface area contributed by atoms with E-state index in [0.717, 1.165) is 12.8 Å². The molecular formula is C7H15O2Sb. The van der Waals surface area contributed by atoms with E-state index in [9.17, 15) is 4.79 Å². The van der Waals surface area contributed by atoms with Gasteiger partial charge in [-0.1, -0.05) is 0 Å². The van der Waals surface area contributed by atoms with Crippen LogP contribution < -0.4 is 0 Å². The maximum absolute atomic E-state index is 10.6. The van der Waals surface area contributed by atoms with Crippen molar-refractivity contribution in [2.45, 2.75) is 33.4 Å². The summed E-state index contributed by atoms with van der Waals surface area (Å²) in [6, 6.07) is 0. The second kappa shape index (κ2) is 5.01. The number of rotatable bonds is 4. The first-order valence-corrected chi connectivity index (χ1v) is 10.1. The maximum atomic E-state index is 10.6. The predicted octanol–water partition coefficient (Wildman–Crippen LogP) is 2.00. The molecule has 0 aliphatic heterocycles.